The van der Waals surface area contributed by atoms with Crippen molar-refractivity contribution in [1.29, 1.82) is 0 Å². The molecule has 2 unspecified atom stereocenters. The van der Waals surface area contributed by atoms with E-state index in [0.717, 1.165) is 44.7 Å². The first-order chi connectivity index (χ1) is 10.2. The number of rotatable bonds is 3. The molecule has 114 valence electrons. The average molecular weight is 293 g/mol. The Morgan fingerprint density at radius 1 is 1.14 bits per heavy atom. The zero-order valence-corrected chi connectivity index (χ0v) is 12.2. The van der Waals surface area contributed by atoms with Crippen molar-refractivity contribution in [3.8, 4) is 0 Å². The van der Waals surface area contributed by atoms with Gasteiger partial charge in [0, 0.05) is 30.5 Å². The van der Waals surface area contributed by atoms with E-state index in [1.807, 2.05) is 0 Å². The molecule has 0 radical (unpaired) electrons. The predicted octanol–water partition coefficient (Wildman–Crippen LogP) is 3.69. The van der Waals surface area contributed by atoms with Crippen LogP contribution in [-0.2, 0) is 11.3 Å². The van der Waals surface area contributed by atoms with Gasteiger partial charge in [-0.25, -0.2) is 8.78 Å². The summed E-state index contributed by atoms with van der Waals surface area (Å²) in [7, 11) is 0. The van der Waals surface area contributed by atoms with E-state index in [-0.39, 0.29) is 12.0 Å². The molecule has 1 aliphatic carbocycles. The summed E-state index contributed by atoms with van der Waals surface area (Å²) in [6.07, 6.45) is 5.79. The zero-order chi connectivity index (χ0) is 14.8. The number of hydrogen-bond donors (Lipinski definition) is 0. The molecule has 2 nitrogen and oxygen atoms in total. The predicted molar refractivity (Wildman–Crippen MR) is 76.8 cm³/mol. The summed E-state index contributed by atoms with van der Waals surface area (Å²) in [5, 5.41) is 0. The van der Waals surface area contributed by atoms with Crippen LogP contribution < -0.4 is 0 Å². The molecule has 1 heterocycles. The summed E-state index contributed by atoms with van der Waals surface area (Å²) < 4.78 is 27.2. The molecular weight excluding hydrogens is 272 g/mol. The lowest BCUT2D eigenvalue weighted by Gasteiger charge is -2.38. The van der Waals surface area contributed by atoms with Crippen molar-refractivity contribution < 1.29 is 13.6 Å². The molecule has 0 spiro atoms. The van der Waals surface area contributed by atoms with Crippen LogP contribution in [0.5, 0.6) is 0 Å². The van der Waals surface area contributed by atoms with Gasteiger partial charge in [-0.05, 0) is 38.3 Å². The number of likely N-dealkylation sites (tertiary alicyclic amines) is 1. The Labute approximate surface area is 124 Å². The number of piperidine rings is 1. The monoisotopic (exact) mass is 293 g/mol. The van der Waals surface area contributed by atoms with Crippen molar-refractivity contribution in [2.45, 2.75) is 51.1 Å². The molecule has 2 aliphatic rings. The van der Waals surface area contributed by atoms with E-state index in [4.69, 9.17) is 0 Å². The lowest BCUT2D eigenvalue weighted by Crippen LogP contribution is -2.45. The molecular formula is C17H21F2NO. The first-order valence-electron chi connectivity index (χ1n) is 7.86. The highest BCUT2D eigenvalue weighted by Crippen LogP contribution is 2.33. The first kappa shape index (κ1) is 14.6. The van der Waals surface area contributed by atoms with Gasteiger partial charge < -0.3 is 0 Å². The SMILES string of the molecule is O=C1CCCC1C1CCCCN1Cc1cccc(F)c1F. The third kappa shape index (κ3) is 3.00. The Morgan fingerprint density at radius 3 is 2.76 bits per heavy atom. The van der Waals surface area contributed by atoms with Gasteiger partial charge in [-0.2, -0.15) is 0 Å². The number of halogens is 2. The van der Waals surface area contributed by atoms with Crippen LogP contribution in [0.25, 0.3) is 0 Å². The lowest BCUT2D eigenvalue weighted by atomic mass is 9.88. The van der Waals surface area contributed by atoms with Gasteiger partial charge in [0.2, 0.25) is 0 Å². The second-order valence-corrected chi connectivity index (χ2v) is 6.21. The molecule has 1 saturated heterocycles. The smallest absolute Gasteiger partial charge is 0.163 e. The molecule has 0 aromatic heterocycles. The van der Waals surface area contributed by atoms with E-state index in [0.29, 0.717) is 24.3 Å². The Hall–Kier alpha value is -1.29. The fourth-order valence-corrected chi connectivity index (χ4v) is 3.81. The molecule has 3 rings (SSSR count). The highest BCUT2D eigenvalue weighted by Gasteiger charge is 2.36. The lowest BCUT2D eigenvalue weighted by molar-refractivity contribution is -0.123. The van der Waals surface area contributed by atoms with Gasteiger partial charge in [-0.1, -0.05) is 18.6 Å². The number of ketones is 1. The number of carbonyl (C=O) groups excluding carboxylic acids is 1. The van der Waals surface area contributed by atoms with Crippen molar-refractivity contribution in [1.82, 2.24) is 4.90 Å². The standard InChI is InChI=1S/C17H21F2NO/c18-14-7-3-5-12(17(14)19)11-20-10-2-1-8-15(20)13-6-4-9-16(13)21/h3,5,7,13,15H,1-2,4,6,8-11H2. The van der Waals surface area contributed by atoms with E-state index in [1.54, 1.807) is 12.1 Å². The molecule has 1 saturated carbocycles. The van der Waals surface area contributed by atoms with Gasteiger partial charge in [0.25, 0.3) is 0 Å². The molecule has 2 fully saturated rings. The molecule has 0 N–H and O–H groups in total. The number of carbonyl (C=O) groups is 1. The van der Waals surface area contributed by atoms with Crippen LogP contribution in [-0.4, -0.2) is 23.3 Å². The quantitative estimate of drug-likeness (QED) is 0.847. The molecule has 1 aliphatic heterocycles. The summed E-state index contributed by atoms with van der Waals surface area (Å²) in [5.74, 6) is -1.09. The Bertz CT molecular complexity index is 532. The molecule has 1 aromatic rings. The number of Topliss-reactive ketones (excluding diaryl/α,β-unsaturated/α-hetero) is 1. The van der Waals surface area contributed by atoms with Gasteiger partial charge in [0.05, 0.1) is 0 Å². The van der Waals surface area contributed by atoms with E-state index in [1.165, 1.54) is 0 Å². The summed E-state index contributed by atoms with van der Waals surface area (Å²) in [5.41, 5.74) is 0.396. The number of hydrogen-bond acceptors (Lipinski definition) is 2. The molecule has 4 heteroatoms. The minimum Gasteiger partial charge on any atom is -0.299 e. The Balaban J connectivity index is 1.78. The van der Waals surface area contributed by atoms with Crippen LogP contribution in [0.15, 0.2) is 18.2 Å². The molecule has 0 bridgehead atoms. The third-order valence-corrected chi connectivity index (χ3v) is 4.89. The summed E-state index contributed by atoms with van der Waals surface area (Å²) in [6, 6.07) is 4.54. The van der Waals surface area contributed by atoms with Crippen molar-refractivity contribution >= 4 is 5.78 Å². The minimum absolute atomic E-state index is 0.0990. The summed E-state index contributed by atoms with van der Waals surface area (Å²) in [6.45, 7) is 1.27. The van der Waals surface area contributed by atoms with E-state index >= 15 is 0 Å². The zero-order valence-electron chi connectivity index (χ0n) is 12.2. The second kappa shape index (κ2) is 6.22. The average Bonchev–Trinajstić information content (AvgIpc) is 2.90. The van der Waals surface area contributed by atoms with E-state index in [2.05, 4.69) is 4.90 Å². The van der Waals surface area contributed by atoms with Crippen molar-refractivity contribution in [3.05, 3.63) is 35.4 Å². The van der Waals surface area contributed by atoms with Crippen LogP contribution in [0, 0.1) is 17.6 Å². The van der Waals surface area contributed by atoms with E-state index < -0.39 is 11.6 Å². The van der Waals surface area contributed by atoms with Gasteiger partial charge in [0.15, 0.2) is 11.6 Å². The topological polar surface area (TPSA) is 20.3 Å². The first-order valence-corrected chi connectivity index (χ1v) is 7.86. The molecule has 1 aromatic carbocycles. The normalized spacial score (nSPS) is 27.2. The van der Waals surface area contributed by atoms with Crippen LogP contribution in [0.2, 0.25) is 0 Å². The molecule has 2 atom stereocenters. The van der Waals surface area contributed by atoms with Crippen LogP contribution >= 0.6 is 0 Å². The fraction of sp³-hybridized carbons (Fsp3) is 0.588. The van der Waals surface area contributed by atoms with Crippen molar-refractivity contribution in [2.75, 3.05) is 6.54 Å². The Morgan fingerprint density at radius 2 is 2.00 bits per heavy atom. The highest BCUT2D eigenvalue weighted by atomic mass is 19.2. The highest BCUT2D eigenvalue weighted by molar-refractivity contribution is 5.83. The van der Waals surface area contributed by atoms with Crippen LogP contribution in [0.1, 0.15) is 44.1 Å². The maximum absolute atomic E-state index is 13.9. The maximum Gasteiger partial charge on any atom is 0.163 e. The van der Waals surface area contributed by atoms with Crippen molar-refractivity contribution in [2.24, 2.45) is 5.92 Å². The largest absolute Gasteiger partial charge is 0.299 e. The summed E-state index contributed by atoms with van der Waals surface area (Å²) in [4.78, 5) is 14.2. The minimum atomic E-state index is -0.794. The van der Waals surface area contributed by atoms with Gasteiger partial charge in [0.1, 0.15) is 5.78 Å². The maximum atomic E-state index is 13.9. The van der Waals surface area contributed by atoms with Gasteiger partial charge >= 0.3 is 0 Å². The molecule has 21 heavy (non-hydrogen) atoms. The van der Waals surface area contributed by atoms with Crippen molar-refractivity contribution in [3.63, 3.8) is 0 Å². The second-order valence-electron chi connectivity index (χ2n) is 6.21. The van der Waals surface area contributed by atoms with Crippen LogP contribution in [0.4, 0.5) is 8.78 Å². The van der Waals surface area contributed by atoms with Crippen LogP contribution in [0.3, 0.4) is 0 Å². The number of nitrogens with zero attached hydrogens (tertiary/aromatic N) is 1. The van der Waals surface area contributed by atoms with Gasteiger partial charge in [-0.3, -0.25) is 9.69 Å². The number of benzene rings is 1. The third-order valence-electron chi connectivity index (χ3n) is 4.89. The molecule has 0 amide bonds. The van der Waals surface area contributed by atoms with E-state index in [9.17, 15) is 13.6 Å². The fourth-order valence-electron chi connectivity index (χ4n) is 3.81. The van der Waals surface area contributed by atoms with Gasteiger partial charge in [-0.15, -0.1) is 0 Å². The summed E-state index contributed by atoms with van der Waals surface area (Å²) >= 11 is 0. The Kier molecular flexibility index (Phi) is 4.34.